The molecular weight excluding hydrogens is 401 g/mol. The first-order valence-electron chi connectivity index (χ1n) is 9.34. The van der Waals surface area contributed by atoms with Crippen LogP contribution in [-0.4, -0.2) is 46.6 Å². The van der Waals surface area contributed by atoms with E-state index in [0.29, 0.717) is 13.2 Å². The number of aryl methyl sites for hydroxylation is 1. The number of methoxy groups -OCH3 is 1. The van der Waals surface area contributed by atoms with Gasteiger partial charge >= 0.3 is 6.18 Å². The quantitative estimate of drug-likeness (QED) is 0.640. The van der Waals surface area contributed by atoms with Crippen LogP contribution in [0.2, 0.25) is 0 Å². The number of halogens is 3. The summed E-state index contributed by atoms with van der Waals surface area (Å²) >= 11 is 0. The third kappa shape index (κ3) is 4.57. The highest BCUT2D eigenvalue weighted by molar-refractivity contribution is 5.97. The number of hydrogen-bond acceptors (Lipinski definition) is 5. The Morgan fingerprint density at radius 3 is 2.80 bits per heavy atom. The van der Waals surface area contributed by atoms with E-state index in [4.69, 9.17) is 14.7 Å². The molecule has 1 aromatic heterocycles. The molecule has 30 heavy (non-hydrogen) atoms. The number of alkyl halides is 3. The van der Waals surface area contributed by atoms with Gasteiger partial charge in [0.05, 0.1) is 35.6 Å². The summed E-state index contributed by atoms with van der Waals surface area (Å²) in [5.74, 6) is -0.711. The molecule has 0 aliphatic carbocycles. The molecule has 0 bridgehead atoms. The normalized spacial score (nSPS) is 14.3. The minimum absolute atomic E-state index is 0.0748. The molecule has 1 aromatic carbocycles. The first-order valence-corrected chi connectivity index (χ1v) is 9.34. The van der Waals surface area contributed by atoms with Gasteiger partial charge in [-0.15, -0.1) is 0 Å². The zero-order valence-corrected chi connectivity index (χ0v) is 16.6. The summed E-state index contributed by atoms with van der Waals surface area (Å²) < 4.78 is 50.7. The second-order valence-corrected chi connectivity index (χ2v) is 6.97. The van der Waals surface area contributed by atoms with Gasteiger partial charge in [-0.1, -0.05) is 0 Å². The van der Waals surface area contributed by atoms with Crippen molar-refractivity contribution in [2.45, 2.75) is 45.3 Å². The number of fused-ring (bicyclic) bond motifs is 1. The molecule has 1 aliphatic rings. The molecule has 0 unspecified atom stereocenters. The molecule has 0 spiro atoms. The van der Waals surface area contributed by atoms with Gasteiger partial charge in [0.15, 0.2) is 6.10 Å². The van der Waals surface area contributed by atoms with E-state index in [0.717, 1.165) is 24.6 Å². The van der Waals surface area contributed by atoms with Crippen molar-refractivity contribution in [1.82, 2.24) is 14.7 Å². The van der Waals surface area contributed by atoms with Gasteiger partial charge in [-0.2, -0.15) is 23.5 Å². The maximum Gasteiger partial charge on any atom is 0.425 e. The first-order chi connectivity index (χ1) is 14.2. The molecule has 1 amide bonds. The Hall–Kier alpha value is -3.06. The predicted molar refractivity (Wildman–Crippen MR) is 99.6 cm³/mol. The van der Waals surface area contributed by atoms with E-state index in [9.17, 15) is 18.0 Å². The van der Waals surface area contributed by atoms with Crippen LogP contribution >= 0.6 is 0 Å². The van der Waals surface area contributed by atoms with Crippen molar-refractivity contribution in [2.75, 3.05) is 13.7 Å². The van der Waals surface area contributed by atoms with Crippen LogP contribution in [0, 0.1) is 11.3 Å². The van der Waals surface area contributed by atoms with E-state index in [-0.39, 0.29) is 30.0 Å². The highest BCUT2D eigenvalue weighted by Crippen LogP contribution is 2.31. The van der Waals surface area contributed by atoms with E-state index in [1.807, 2.05) is 6.07 Å². The molecule has 0 fully saturated rings. The van der Waals surface area contributed by atoms with Gasteiger partial charge in [-0.3, -0.25) is 9.48 Å². The number of hydrogen-bond donors (Lipinski definition) is 0. The highest BCUT2D eigenvalue weighted by atomic mass is 19.4. The number of benzene rings is 1. The van der Waals surface area contributed by atoms with Crippen LogP contribution in [0.5, 0.6) is 5.75 Å². The lowest BCUT2D eigenvalue weighted by Gasteiger charge is -2.22. The molecule has 0 radical (unpaired) electrons. The van der Waals surface area contributed by atoms with E-state index >= 15 is 0 Å². The summed E-state index contributed by atoms with van der Waals surface area (Å²) in [6.45, 7) is 2.63. The summed E-state index contributed by atoms with van der Waals surface area (Å²) in [5, 5.41) is 13.5. The number of rotatable bonds is 7. The monoisotopic (exact) mass is 422 g/mol. The SMILES string of the molecule is COCCCn1ncc2c1CN(C(=O)c1cc(C#N)ccc1O[C@@H](C)C(F)(F)F)C2. The summed E-state index contributed by atoms with van der Waals surface area (Å²) in [7, 11) is 1.61. The number of nitrogens with zero attached hydrogens (tertiary/aromatic N) is 4. The second kappa shape index (κ2) is 8.75. The van der Waals surface area contributed by atoms with Gasteiger partial charge in [0.25, 0.3) is 5.91 Å². The lowest BCUT2D eigenvalue weighted by Crippen LogP contribution is -2.32. The van der Waals surface area contributed by atoms with Gasteiger partial charge in [-0.25, -0.2) is 0 Å². The van der Waals surface area contributed by atoms with Gasteiger partial charge in [0.1, 0.15) is 5.75 Å². The van der Waals surface area contributed by atoms with Crippen molar-refractivity contribution in [3.8, 4) is 11.8 Å². The molecule has 2 heterocycles. The first kappa shape index (κ1) is 21.6. The Morgan fingerprint density at radius 1 is 1.37 bits per heavy atom. The molecule has 0 saturated carbocycles. The fourth-order valence-corrected chi connectivity index (χ4v) is 3.20. The van der Waals surface area contributed by atoms with Crippen molar-refractivity contribution in [1.29, 1.82) is 5.26 Å². The van der Waals surface area contributed by atoms with Crippen LogP contribution in [0.25, 0.3) is 0 Å². The smallest absolute Gasteiger partial charge is 0.425 e. The fourth-order valence-electron chi connectivity index (χ4n) is 3.20. The molecule has 1 aliphatic heterocycles. The maximum absolute atomic E-state index is 13.1. The van der Waals surface area contributed by atoms with Gasteiger partial charge in [0, 0.05) is 32.4 Å². The van der Waals surface area contributed by atoms with Crippen LogP contribution in [0.1, 0.15) is 40.5 Å². The Balaban J connectivity index is 1.81. The third-order valence-electron chi connectivity index (χ3n) is 4.85. The maximum atomic E-state index is 13.1. The van der Waals surface area contributed by atoms with Crippen LogP contribution in [0.3, 0.4) is 0 Å². The minimum atomic E-state index is -4.58. The molecule has 7 nitrogen and oxygen atoms in total. The summed E-state index contributed by atoms with van der Waals surface area (Å²) in [5.41, 5.74) is 1.84. The molecule has 0 N–H and O–H groups in total. The fraction of sp³-hybridized carbons (Fsp3) is 0.450. The van der Waals surface area contributed by atoms with Gasteiger partial charge < -0.3 is 14.4 Å². The molecule has 0 saturated heterocycles. The minimum Gasteiger partial charge on any atom is -0.480 e. The molecule has 1 atom stereocenters. The summed E-state index contributed by atoms with van der Waals surface area (Å²) in [4.78, 5) is 14.6. The van der Waals surface area contributed by atoms with Crippen LogP contribution in [0.4, 0.5) is 13.2 Å². The Labute approximate surface area is 171 Å². The van der Waals surface area contributed by atoms with Gasteiger partial charge in [0.2, 0.25) is 0 Å². The van der Waals surface area contributed by atoms with E-state index in [1.165, 1.54) is 23.1 Å². The van der Waals surface area contributed by atoms with E-state index in [1.54, 1.807) is 18.0 Å². The van der Waals surface area contributed by atoms with Crippen LogP contribution in [-0.2, 0) is 24.4 Å². The Morgan fingerprint density at radius 2 is 2.13 bits per heavy atom. The van der Waals surface area contributed by atoms with Gasteiger partial charge in [-0.05, 0) is 31.5 Å². The third-order valence-corrected chi connectivity index (χ3v) is 4.85. The van der Waals surface area contributed by atoms with Crippen molar-refractivity contribution in [2.24, 2.45) is 0 Å². The predicted octanol–water partition coefficient (Wildman–Crippen LogP) is 3.28. The molecule has 2 aromatic rings. The number of aromatic nitrogens is 2. The lowest BCUT2D eigenvalue weighted by atomic mass is 10.1. The number of ether oxygens (including phenoxy) is 2. The lowest BCUT2D eigenvalue weighted by molar-refractivity contribution is -0.189. The topological polar surface area (TPSA) is 80.4 Å². The van der Waals surface area contributed by atoms with Crippen molar-refractivity contribution in [3.63, 3.8) is 0 Å². The van der Waals surface area contributed by atoms with Crippen molar-refractivity contribution in [3.05, 3.63) is 46.8 Å². The van der Waals surface area contributed by atoms with E-state index in [2.05, 4.69) is 5.10 Å². The van der Waals surface area contributed by atoms with Crippen LogP contribution < -0.4 is 4.74 Å². The molecular formula is C20H21F3N4O3. The average Bonchev–Trinajstić information content (AvgIpc) is 3.29. The van der Waals surface area contributed by atoms with Crippen molar-refractivity contribution >= 4 is 5.91 Å². The zero-order chi connectivity index (χ0) is 21.9. The van der Waals surface area contributed by atoms with Crippen molar-refractivity contribution < 1.29 is 27.4 Å². The largest absolute Gasteiger partial charge is 0.480 e. The standard InChI is InChI=1S/C20H21F3N4O3/c1-13(20(21,22)23)30-18-5-4-14(9-24)8-16(18)19(28)26-11-15-10-25-27(17(15)12-26)6-3-7-29-2/h4-5,8,10,13H,3,6-7,11-12H2,1-2H3/t13-/m0/s1. The van der Waals surface area contributed by atoms with Crippen LogP contribution in [0.15, 0.2) is 24.4 Å². The van der Waals surface area contributed by atoms with E-state index < -0.39 is 18.2 Å². The molecule has 160 valence electrons. The number of nitriles is 1. The number of carbonyl (C=O) groups is 1. The Bertz CT molecular complexity index is 965. The Kier molecular flexibility index (Phi) is 6.31. The second-order valence-electron chi connectivity index (χ2n) is 6.97. The summed E-state index contributed by atoms with van der Waals surface area (Å²) in [6, 6.07) is 5.70. The highest BCUT2D eigenvalue weighted by Gasteiger charge is 2.39. The molecule has 10 heteroatoms. The zero-order valence-electron chi connectivity index (χ0n) is 16.6. The molecule has 3 rings (SSSR count). The number of amides is 1. The number of carbonyl (C=O) groups excluding carboxylic acids is 1. The summed E-state index contributed by atoms with van der Waals surface area (Å²) in [6.07, 6.45) is -4.23. The average molecular weight is 422 g/mol.